The summed E-state index contributed by atoms with van der Waals surface area (Å²) in [5.41, 5.74) is 5.15. The molecule has 0 radical (unpaired) electrons. The second-order valence-corrected chi connectivity index (χ2v) is 9.16. The van der Waals surface area contributed by atoms with Gasteiger partial charge in [-0.2, -0.15) is 0 Å². The lowest BCUT2D eigenvalue weighted by molar-refractivity contribution is 0.00884. The van der Waals surface area contributed by atoms with Gasteiger partial charge in [0.25, 0.3) is 0 Å². The van der Waals surface area contributed by atoms with E-state index in [1.807, 2.05) is 55.6 Å². The molecule has 3 aromatic rings. The van der Waals surface area contributed by atoms with Crippen LogP contribution in [-0.4, -0.2) is 45.5 Å². The second-order valence-electron chi connectivity index (χ2n) is 9.16. The predicted molar refractivity (Wildman–Crippen MR) is 133 cm³/mol. The smallest absolute Gasteiger partial charge is 0.341 e. The van der Waals surface area contributed by atoms with Crippen LogP contribution in [0.15, 0.2) is 48.5 Å². The van der Waals surface area contributed by atoms with Crippen LogP contribution in [0.25, 0.3) is 0 Å². The first-order chi connectivity index (χ1) is 17.6. The summed E-state index contributed by atoms with van der Waals surface area (Å²) in [6.07, 6.45) is 0.309. The number of carbonyl (C=O) groups is 1. The highest BCUT2D eigenvalue weighted by atomic mass is 16.7. The van der Waals surface area contributed by atoms with Gasteiger partial charge in [0.05, 0.1) is 31.5 Å². The van der Waals surface area contributed by atoms with Crippen molar-refractivity contribution in [1.82, 2.24) is 4.90 Å². The standard InChI is InChI=1S/C28H28N2O6/c1-30-12-11-17-13-20-26(35-15-34-20)27(33-3)21(17)24(30)25-18-9-10-19(32-2)23(22(18)28(31)36-25)29-14-16-7-5-4-6-8-16/h4-10,13,24-25,29H,11-12,14-15H2,1-3H3/t24-,25?/m1/s1. The number of hydrogen-bond donors (Lipinski definition) is 1. The van der Waals surface area contributed by atoms with E-state index in [2.05, 4.69) is 10.2 Å². The Morgan fingerprint density at radius 2 is 1.92 bits per heavy atom. The quantitative estimate of drug-likeness (QED) is 0.509. The van der Waals surface area contributed by atoms with E-state index in [4.69, 9.17) is 23.7 Å². The Bertz CT molecular complexity index is 1330. The van der Waals surface area contributed by atoms with Gasteiger partial charge in [-0.05, 0) is 36.7 Å². The summed E-state index contributed by atoms with van der Waals surface area (Å²) in [5, 5.41) is 3.42. The SMILES string of the molecule is COc1ccc2c(c1NCc1ccccc1)C(=O)OC2[C@H]1c2c(cc3c(c2OC)OCO3)CCN1C. The lowest BCUT2D eigenvalue weighted by Crippen LogP contribution is -2.36. The van der Waals surface area contributed by atoms with Crippen molar-refractivity contribution in [3.8, 4) is 23.0 Å². The fraction of sp³-hybridized carbons (Fsp3) is 0.321. The number of ether oxygens (including phenoxy) is 5. The summed E-state index contributed by atoms with van der Waals surface area (Å²) in [6.45, 7) is 1.51. The van der Waals surface area contributed by atoms with Crippen LogP contribution in [-0.2, 0) is 17.7 Å². The van der Waals surface area contributed by atoms with Crippen LogP contribution in [0.4, 0.5) is 5.69 Å². The Morgan fingerprint density at radius 3 is 2.69 bits per heavy atom. The van der Waals surface area contributed by atoms with E-state index < -0.39 is 6.10 Å². The summed E-state index contributed by atoms with van der Waals surface area (Å²) in [4.78, 5) is 15.6. The van der Waals surface area contributed by atoms with Crippen molar-refractivity contribution in [2.24, 2.45) is 0 Å². The number of fused-ring (bicyclic) bond motifs is 3. The molecule has 2 atom stereocenters. The minimum Gasteiger partial charge on any atom is -0.495 e. The molecule has 0 amide bonds. The highest BCUT2D eigenvalue weighted by Gasteiger charge is 2.45. The van der Waals surface area contributed by atoms with E-state index in [0.29, 0.717) is 40.8 Å². The maximum Gasteiger partial charge on any atom is 0.341 e. The van der Waals surface area contributed by atoms with Crippen molar-refractivity contribution in [2.45, 2.75) is 25.1 Å². The van der Waals surface area contributed by atoms with Crippen LogP contribution < -0.4 is 24.3 Å². The van der Waals surface area contributed by atoms with E-state index in [1.165, 1.54) is 0 Å². The normalized spacial score (nSPS) is 19.9. The van der Waals surface area contributed by atoms with Crippen molar-refractivity contribution in [1.29, 1.82) is 0 Å². The Kier molecular flexibility index (Phi) is 5.60. The summed E-state index contributed by atoms with van der Waals surface area (Å²) in [6, 6.07) is 15.6. The molecule has 3 aliphatic heterocycles. The van der Waals surface area contributed by atoms with E-state index in [9.17, 15) is 4.79 Å². The molecule has 8 heteroatoms. The molecule has 0 spiro atoms. The number of esters is 1. The van der Waals surface area contributed by atoms with Crippen LogP contribution >= 0.6 is 0 Å². The fourth-order valence-corrected chi connectivity index (χ4v) is 5.51. The van der Waals surface area contributed by atoms with Crippen molar-refractivity contribution in [2.75, 3.05) is 39.9 Å². The largest absolute Gasteiger partial charge is 0.495 e. The number of cyclic esters (lactones) is 1. The summed E-state index contributed by atoms with van der Waals surface area (Å²) < 4.78 is 29.0. The molecule has 0 fully saturated rings. The molecule has 36 heavy (non-hydrogen) atoms. The topological polar surface area (TPSA) is 78.5 Å². The highest BCUT2D eigenvalue weighted by Crippen LogP contribution is 2.55. The number of carbonyl (C=O) groups excluding carboxylic acids is 1. The number of nitrogens with zero attached hydrogens (tertiary/aromatic N) is 1. The monoisotopic (exact) mass is 488 g/mol. The van der Waals surface area contributed by atoms with Gasteiger partial charge >= 0.3 is 5.97 Å². The molecule has 3 aromatic carbocycles. The molecule has 8 nitrogen and oxygen atoms in total. The summed E-state index contributed by atoms with van der Waals surface area (Å²) in [7, 11) is 5.28. The van der Waals surface area contributed by atoms with Gasteiger partial charge in [0.15, 0.2) is 11.5 Å². The predicted octanol–water partition coefficient (Wildman–Crippen LogP) is 4.49. The maximum atomic E-state index is 13.4. The zero-order valence-electron chi connectivity index (χ0n) is 20.5. The third-order valence-corrected chi connectivity index (χ3v) is 7.22. The third-order valence-electron chi connectivity index (χ3n) is 7.22. The van der Waals surface area contributed by atoms with Gasteiger partial charge in [-0.25, -0.2) is 4.79 Å². The second kappa shape index (κ2) is 8.95. The van der Waals surface area contributed by atoms with Gasteiger partial charge in [-0.1, -0.05) is 36.4 Å². The number of benzene rings is 3. The lowest BCUT2D eigenvalue weighted by atomic mass is 9.85. The molecule has 0 aliphatic carbocycles. The minimum absolute atomic E-state index is 0.159. The van der Waals surface area contributed by atoms with Crippen LogP contribution in [0.5, 0.6) is 23.0 Å². The van der Waals surface area contributed by atoms with Crippen LogP contribution in [0.3, 0.4) is 0 Å². The van der Waals surface area contributed by atoms with Crippen molar-refractivity contribution >= 4 is 11.7 Å². The third kappa shape index (κ3) is 3.52. The molecule has 3 heterocycles. The Hall–Kier alpha value is -3.91. The molecule has 0 bridgehead atoms. The number of likely N-dealkylation sites (N-methyl/N-ethyl adjacent to an activating group) is 1. The number of anilines is 1. The van der Waals surface area contributed by atoms with Crippen molar-refractivity contribution < 1.29 is 28.5 Å². The minimum atomic E-state index is -0.519. The van der Waals surface area contributed by atoms with Crippen LogP contribution in [0, 0.1) is 0 Å². The first-order valence-corrected chi connectivity index (χ1v) is 12.0. The molecule has 0 aromatic heterocycles. The van der Waals surface area contributed by atoms with E-state index in [1.54, 1.807) is 14.2 Å². The summed E-state index contributed by atoms with van der Waals surface area (Å²) in [5.74, 6) is 2.15. The van der Waals surface area contributed by atoms with E-state index in [-0.39, 0.29) is 18.8 Å². The fourth-order valence-electron chi connectivity index (χ4n) is 5.51. The zero-order valence-corrected chi connectivity index (χ0v) is 20.5. The Labute approximate surface area is 209 Å². The van der Waals surface area contributed by atoms with Gasteiger partial charge in [-0.15, -0.1) is 0 Å². The van der Waals surface area contributed by atoms with Crippen molar-refractivity contribution in [3.05, 3.63) is 76.3 Å². The Balaban J connectivity index is 1.44. The van der Waals surface area contributed by atoms with Crippen LogP contribution in [0.1, 0.15) is 44.8 Å². The zero-order chi connectivity index (χ0) is 24.8. The van der Waals surface area contributed by atoms with Crippen LogP contribution in [0.2, 0.25) is 0 Å². The summed E-state index contributed by atoms with van der Waals surface area (Å²) >= 11 is 0. The number of rotatable bonds is 6. The molecule has 0 saturated heterocycles. The first-order valence-electron chi connectivity index (χ1n) is 12.0. The number of hydrogen-bond acceptors (Lipinski definition) is 8. The molecule has 0 saturated carbocycles. The average Bonchev–Trinajstić information content (AvgIpc) is 3.50. The number of nitrogens with one attached hydrogen (secondary N) is 1. The Morgan fingerprint density at radius 1 is 1.08 bits per heavy atom. The first kappa shape index (κ1) is 22.5. The average molecular weight is 489 g/mol. The molecular formula is C28H28N2O6. The molecular weight excluding hydrogens is 460 g/mol. The number of methoxy groups -OCH3 is 2. The maximum absolute atomic E-state index is 13.4. The molecule has 6 rings (SSSR count). The van der Waals surface area contributed by atoms with Gasteiger partial charge < -0.3 is 29.0 Å². The molecule has 3 aliphatic rings. The van der Waals surface area contributed by atoms with E-state index >= 15 is 0 Å². The molecule has 186 valence electrons. The van der Waals surface area contributed by atoms with Crippen molar-refractivity contribution in [3.63, 3.8) is 0 Å². The molecule has 1 unspecified atom stereocenters. The van der Waals surface area contributed by atoms with Gasteiger partial charge in [-0.3, -0.25) is 4.90 Å². The van der Waals surface area contributed by atoms with Gasteiger partial charge in [0.2, 0.25) is 12.5 Å². The highest BCUT2D eigenvalue weighted by molar-refractivity contribution is 6.01. The van der Waals surface area contributed by atoms with E-state index in [0.717, 1.165) is 35.2 Å². The van der Waals surface area contributed by atoms with Gasteiger partial charge in [0, 0.05) is 24.2 Å². The molecule has 1 N–H and O–H groups in total. The van der Waals surface area contributed by atoms with Gasteiger partial charge in [0.1, 0.15) is 11.9 Å². The lowest BCUT2D eigenvalue weighted by Gasteiger charge is -2.38.